The predicted molar refractivity (Wildman–Crippen MR) is 79.9 cm³/mol. The Balaban J connectivity index is 1.66. The van der Waals surface area contributed by atoms with Crippen LogP contribution in [0.25, 0.3) is 0 Å². The number of hydrogen-bond donors (Lipinski definition) is 2. The molecule has 0 radical (unpaired) electrons. The number of nitrogens with zero attached hydrogens (tertiary/aromatic N) is 2. The first kappa shape index (κ1) is 14.1. The minimum atomic E-state index is -0.0187. The largest absolute Gasteiger partial charge is 0.508 e. The number of aromatic nitrogens is 2. The van der Waals surface area contributed by atoms with Gasteiger partial charge in [0.15, 0.2) is 0 Å². The summed E-state index contributed by atoms with van der Waals surface area (Å²) in [5.74, 6) is 0.680. The fourth-order valence-electron chi connectivity index (χ4n) is 2.79. The van der Waals surface area contributed by atoms with Crippen LogP contribution >= 0.6 is 0 Å². The van der Waals surface area contributed by atoms with Crippen LogP contribution in [0.4, 0.5) is 0 Å². The van der Waals surface area contributed by atoms with Gasteiger partial charge in [0.1, 0.15) is 5.75 Å². The number of rotatable bonds is 5. The van der Waals surface area contributed by atoms with Crippen LogP contribution in [-0.4, -0.2) is 27.9 Å². The van der Waals surface area contributed by atoms with Crippen molar-refractivity contribution in [2.24, 2.45) is 11.7 Å². The van der Waals surface area contributed by atoms with E-state index in [1.807, 2.05) is 24.7 Å². The van der Waals surface area contributed by atoms with Crippen LogP contribution in [0, 0.1) is 5.92 Å². The van der Waals surface area contributed by atoms with Crippen LogP contribution in [0.15, 0.2) is 36.8 Å². The molecule has 3 rings (SSSR count). The highest BCUT2D eigenvalue weighted by atomic mass is 16.5. The van der Waals surface area contributed by atoms with E-state index in [0.717, 1.165) is 38.3 Å². The Kier molecular flexibility index (Phi) is 4.22. The van der Waals surface area contributed by atoms with Crippen LogP contribution in [-0.2, 0) is 17.7 Å². The molecule has 1 saturated heterocycles. The highest BCUT2D eigenvalue weighted by Gasteiger charge is 2.26. The summed E-state index contributed by atoms with van der Waals surface area (Å²) in [4.78, 5) is 4.24. The fourth-order valence-corrected chi connectivity index (χ4v) is 2.79. The van der Waals surface area contributed by atoms with Crippen LogP contribution in [0.2, 0.25) is 0 Å². The van der Waals surface area contributed by atoms with Gasteiger partial charge in [-0.3, -0.25) is 0 Å². The molecule has 2 heterocycles. The molecule has 0 amide bonds. The zero-order valence-electron chi connectivity index (χ0n) is 12.0. The third kappa shape index (κ3) is 3.25. The monoisotopic (exact) mass is 287 g/mol. The first-order valence-corrected chi connectivity index (χ1v) is 7.35. The number of aryl methyl sites for hydroxylation is 2. The van der Waals surface area contributed by atoms with Gasteiger partial charge in [-0.1, -0.05) is 12.1 Å². The molecule has 3 N–H and O–H groups in total. The first-order chi connectivity index (χ1) is 10.2. The molecule has 1 aliphatic rings. The van der Waals surface area contributed by atoms with Crippen LogP contribution < -0.4 is 5.73 Å². The maximum Gasteiger partial charge on any atom is 0.115 e. The van der Waals surface area contributed by atoms with E-state index in [9.17, 15) is 5.11 Å². The van der Waals surface area contributed by atoms with E-state index in [1.54, 1.807) is 12.1 Å². The van der Waals surface area contributed by atoms with Gasteiger partial charge in [0.25, 0.3) is 0 Å². The number of hydrogen-bond acceptors (Lipinski definition) is 4. The van der Waals surface area contributed by atoms with E-state index in [4.69, 9.17) is 10.5 Å². The molecule has 2 aromatic rings. The number of benzene rings is 1. The fraction of sp³-hybridized carbons (Fsp3) is 0.438. The number of imidazole rings is 1. The SMILES string of the molecule is NC(c1cncn1CCc1ccc(O)cc1)C1CCOC1. The van der Waals surface area contributed by atoms with Gasteiger partial charge in [-0.25, -0.2) is 4.98 Å². The summed E-state index contributed by atoms with van der Waals surface area (Å²) in [7, 11) is 0. The Hall–Kier alpha value is -1.85. The smallest absolute Gasteiger partial charge is 0.115 e. The number of phenolic OH excluding ortho intramolecular Hbond substituents is 1. The summed E-state index contributed by atoms with van der Waals surface area (Å²) >= 11 is 0. The summed E-state index contributed by atoms with van der Waals surface area (Å²) in [5, 5.41) is 9.30. The Morgan fingerprint density at radius 2 is 2.19 bits per heavy atom. The third-order valence-electron chi connectivity index (χ3n) is 4.14. The zero-order valence-corrected chi connectivity index (χ0v) is 12.0. The quantitative estimate of drug-likeness (QED) is 0.880. The van der Waals surface area contributed by atoms with Gasteiger partial charge in [-0.15, -0.1) is 0 Å². The average Bonchev–Trinajstić information content (AvgIpc) is 3.17. The van der Waals surface area contributed by atoms with Crippen molar-refractivity contribution in [3.63, 3.8) is 0 Å². The van der Waals surface area contributed by atoms with Crippen LogP contribution in [0.5, 0.6) is 5.75 Å². The molecular formula is C16H21N3O2. The molecule has 2 atom stereocenters. The van der Waals surface area contributed by atoms with Crippen molar-refractivity contribution in [2.45, 2.75) is 25.4 Å². The van der Waals surface area contributed by atoms with Crippen molar-refractivity contribution in [2.75, 3.05) is 13.2 Å². The lowest BCUT2D eigenvalue weighted by molar-refractivity contribution is 0.180. The number of aromatic hydroxyl groups is 1. The van der Waals surface area contributed by atoms with Gasteiger partial charge in [0.05, 0.1) is 24.7 Å². The minimum Gasteiger partial charge on any atom is -0.508 e. The van der Waals surface area contributed by atoms with Crippen molar-refractivity contribution in [1.82, 2.24) is 9.55 Å². The highest BCUT2D eigenvalue weighted by Crippen LogP contribution is 2.26. The molecule has 5 nitrogen and oxygen atoms in total. The summed E-state index contributed by atoms with van der Waals surface area (Å²) in [6.45, 7) is 2.38. The third-order valence-corrected chi connectivity index (χ3v) is 4.14. The van der Waals surface area contributed by atoms with Crippen molar-refractivity contribution in [3.8, 4) is 5.75 Å². The topological polar surface area (TPSA) is 73.3 Å². The molecular weight excluding hydrogens is 266 g/mol. The van der Waals surface area contributed by atoms with E-state index < -0.39 is 0 Å². The van der Waals surface area contributed by atoms with Crippen LogP contribution in [0.3, 0.4) is 0 Å². The lowest BCUT2D eigenvalue weighted by Gasteiger charge is -2.19. The van der Waals surface area contributed by atoms with Gasteiger partial charge in [0, 0.05) is 25.3 Å². The molecule has 0 saturated carbocycles. The lowest BCUT2D eigenvalue weighted by Crippen LogP contribution is -2.24. The molecule has 1 aromatic heterocycles. The summed E-state index contributed by atoms with van der Waals surface area (Å²) < 4.78 is 7.54. The molecule has 1 aromatic carbocycles. The van der Waals surface area contributed by atoms with E-state index >= 15 is 0 Å². The number of phenols is 1. The van der Waals surface area contributed by atoms with E-state index in [0.29, 0.717) is 11.7 Å². The Morgan fingerprint density at radius 3 is 2.90 bits per heavy atom. The van der Waals surface area contributed by atoms with E-state index in [1.165, 1.54) is 5.56 Å². The summed E-state index contributed by atoms with van der Waals surface area (Å²) in [5.41, 5.74) is 8.62. The molecule has 1 aliphatic heterocycles. The lowest BCUT2D eigenvalue weighted by atomic mass is 9.97. The standard InChI is InChI=1S/C16H21N3O2/c17-16(13-6-8-21-10-13)15-9-18-11-19(15)7-5-12-1-3-14(20)4-2-12/h1-4,9,11,13,16,20H,5-8,10,17H2. The number of ether oxygens (including phenoxy) is 1. The second-order valence-corrected chi connectivity index (χ2v) is 5.58. The van der Waals surface area contributed by atoms with Gasteiger partial charge in [-0.05, 0) is 30.5 Å². The minimum absolute atomic E-state index is 0.0187. The Morgan fingerprint density at radius 1 is 1.38 bits per heavy atom. The van der Waals surface area contributed by atoms with Gasteiger partial charge in [0.2, 0.25) is 0 Å². The maximum atomic E-state index is 9.30. The zero-order chi connectivity index (χ0) is 14.7. The Labute approximate surface area is 124 Å². The molecule has 0 bridgehead atoms. The van der Waals surface area contributed by atoms with Gasteiger partial charge >= 0.3 is 0 Å². The molecule has 112 valence electrons. The van der Waals surface area contributed by atoms with E-state index in [-0.39, 0.29) is 6.04 Å². The van der Waals surface area contributed by atoms with Gasteiger partial charge < -0.3 is 20.1 Å². The normalized spacial score (nSPS) is 19.8. The van der Waals surface area contributed by atoms with Crippen molar-refractivity contribution < 1.29 is 9.84 Å². The molecule has 21 heavy (non-hydrogen) atoms. The van der Waals surface area contributed by atoms with Crippen molar-refractivity contribution >= 4 is 0 Å². The molecule has 2 unspecified atom stereocenters. The Bertz CT molecular complexity index is 573. The molecule has 5 heteroatoms. The number of nitrogens with two attached hydrogens (primary N) is 1. The summed E-state index contributed by atoms with van der Waals surface area (Å²) in [6.07, 6.45) is 5.60. The molecule has 0 spiro atoms. The van der Waals surface area contributed by atoms with E-state index in [2.05, 4.69) is 9.55 Å². The molecule has 1 fully saturated rings. The highest BCUT2D eigenvalue weighted by molar-refractivity contribution is 5.26. The first-order valence-electron chi connectivity index (χ1n) is 7.35. The second-order valence-electron chi connectivity index (χ2n) is 5.58. The maximum absolute atomic E-state index is 9.30. The summed E-state index contributed by atoms with van der Waals surface area (Å²) in [6, 6.07) is 7.29. The van der Waals surface area contributed by atoms with Gasteiger partial charge in [-0.2, -0.15) is 0 Å². The predicted octanol–water partition coefficient (Wildman–Crippen LogP) is 1.87. The molecule has 0 aliphatic carbocycles. The van der Waals surface area contributed by atoms with Crippen LogP contribution in [0.1, 0.15) is 23.7 Å². The van der Waals surface area contributed by atoms with Crippen molar-refractivity contribution in [3.05, 3.63) is 48.0 Å². The van der Waals surface area contributed by atoms with Crippen molar-refractivity contribution in [1.29, 1.82) is 0 Å². The average molecular weight is 287 g/mol. The second kappa shape index (κ2) is 6.28.